The van der Waals surface area contributed by atoms with Crippen molar-refractivity contribution >= 4 is 5.96 Å². The highest BCUT2D eigenvalue weighted by Crippen LogP contribution is 2.30. The van der Waals surface area contributed by atoms with Crippen molar-refractivity contribution in [2.24, 2.45) is 10.9 Å². The highest BCUT2D eigenvalue weighted by molar-refractivity contribution is 5.80. The van der Waals surface area contributed by atoms with E-state index in [-0.39, 0.29) is 6.04 Å². The van der Waals surface area contributed by atoms with Gasteiger partial charge in [0.1, 0.15) is 0 Å². The molecule has 0 aromatic heterocycles. The smallest absolute Gasteiger partial charge is 0.383 e. The van der Waals surface area contributed by atoms with Crippen LogP contribution in [0.1, 0.15) is 43.9 Å². The summed E-state index contributed by atoms with van der Waals surface area (Å²) in [6, 6.07) is 5.14. The molecule has 1 aromatic carbocycles. The van der Waals surface area contributed by atoms with Crippen LogP contribution < -0.4 is 10.6 Å². The molecule has 0 bridgehead atoms. The minimum Gasteiger partial charge on any atom is -0.383 e. The topological polar surface area (TPSA) is 48.9 Å². The Morgan fingerprint density at radius 1 is 1.31 bits per heavy atom. The van der Waals surface area contributed by atoms with Crippen molar-refractivity contribution in [2.45, 2.75) is 38.9 Å². The first kappa shape index (κ1) is 23.5. The first-order valence-corrected chi connectivity index (χ1v) is 10.3. The SMILES string of the molecule is CCNC(=NCC1CCN(CCOC)CC1)NC(C)c1cccc(C(F)(F)F)c1. The number of methoxy groups -OCH3 is 1. The van der Waals surface area contributed by atoms with Crippen molar-refractivity contribution in [3.05, 3.63) is 35.4 Å². The van der Waals surface area contributed by atoms with Crippen LogP contribution in [0, 0.1) is 5.92 Å². The van der Waals surface area contributed by atoms with E-state index in [0.29, 0.717) is 30.5 Å². The van der Waals surface area contributed by atoms with Crippen LogP contribution >= 0.6 is 0 Å². The standard InChI is InChI=1S/C21H33F3N4O/c1-4-25-20(26-15-17-8-10-28(11-9-17)12-13-29-3)27-16(2)18-6-5-7-19(14-18)21(22,23)24/h5-7,14,16-17H,4,8-13,15H2,1-3H3,(H2,25,26,27). The molecule has 1 aromatic rings. The summed E-state index contributed by atoms with van der Waals surface area (Å²) in [5, 5.41) is 6.43. The van der Waals surface area contributed by atoms with Crippen molar-refractivity contribution in [3.63, 3.8) is 0 Å². The molecule has 1 unspecified atom stereocenters. The number of nitrogens with one attached hydrogen (secondary N) is 2. The number of guanidine groups is 1. The number of aliphatic imine (C=N–C) groups is 1. The zero-order valence-corrected chi connectivity index (χ0v) is 17.6. The molecule has 2 rings (SSSR count). The Morgan fingerprint density at radius 2 is 2.03 bits per heavy atom. The maximum absolute atomic E-state index is 13.0. The number of benzene rings is 1. The highest BCUT2D eigenvalue weighted by atomic mass is 19.4. The fourth-order valence-electron chi connectivity index (χ4n) is 3.43. The third-order valence-corrected chi connectivity index (χ3v) is 5.24. The van der Waals surface area contributed by atoms with Crippen molar-refractivity contribution in [3.8, 4) is 0 Å². The molecule has 1 atom stereocenters. The third-order valence-electron chi connectivity index (χ3n) is 5.24. The summed E-state index contributed by atoms with van der Waals surface area (Å²) in [5.74, 6) is 1.16. The Balaban J connectivity index is 1.92. The van der Waals surface area contributed by atoms with Crippen molar-refractivity contribution in [1.82, 2.24) is 15.5 Å². The highest BCUT2D eigenvalue weighted by Gasteiger charge is 2.30. The lowest BCUT2D eigenvalue weighted by atomic mass is 9.97. The van der Waals surface area contributed by atoms with Crippen LogP contribution in [0.25, 0.3) is 0 Å². The minimum absolute atomic E-state index is 0.286. The number of alkyl halides is 3. The van der Waals surface area contributed by atoms with Crippen LogP contribution in [0.4, 0.5) is 13.2 Å². The summed E-state index contributed by atoms with van der Waals surface area (Å²) in [4.78, 5) is 7.10. The lowest BCUT2D eigenvalue weighted by Crippen LogP contribution is -2.40. The van der Waals surface area contributed by atoms with Gasteiger partial charge in [-0.3, -0.25) is 4.99 Å². The number of nitrogens with zero attached hydrogens (tertiary/aromatic N) is 2. The van der Waals surface area contributed by atoms with E-state index in [1.165, 1.54) is 12.1 Å². The van der Waals surface area contributed by atoms with E-state index < -0.39 is 11.7 Å². The van der Waals surface area contributed by atoms with E-state index in [1.54, 1.807) is 13.2 Å². The fourth-order valence-corrected chi connectivity index (χ4v) is 3.43. The minimum atomic E-state index is -4.34. The Hall–Kier alpha value is -1.80. The monoisotopic (exact) mass is 414 g/mol. The molecular formula is C21H33F3N4O. The van der Waals surface area contributed by atoms with Gasteiger partial charge < -0.3 is 20.3 Å². The molecule has 5 nitrogen and oxygen atoms in total. The van der Waals surface area contributed by atoms with Gasteiger partial charge in [-0.05, 0) is 63.4 Å². The molecule has 0 saturated carbocycles. The van der Waals surface area contributed by atoms with Crippen LogP contribution in [-0.4, -0.2) is 57.3 Å². The number of halogens is 3. The number of ether oxygens (including phenoxy) is 1. The molecule has 0 spiro atoms. The lowest BCUT2D eigenvalue weighted by molar-refractivity contribution is -0.137. The van der Waals surface area contributed by atoms with E-state index in [9.17, 15) is 13.2 Å². The fraction of sp³-hybridized carbons (Fsp3) is 0.667. The summed E-state index contributed by atoms with van der Waals surface area (Å²) in [7, 11) is 1.72. The molecule has 1 aliphatic heterocycles. The van der Waals surface area contributed by atoms with Crippen LogP contribution in [0.3, 0.4) is 0 Å². The summed E-state index contributed by atoms with van der Waals surface area (Å²) in [6.45, 7) is 9.04. The van der Waals surface area contributed by atoms with Crippen molar-refractivity contribution in [1.29, 1.82) is 0 Å². The third kappa shape index (κ3) is 7.85. The van der Waals surface area contributed by atoms with E-state index in [4.69, 9.17) is 4.74 Å². The zero-order chi connectivity index (χ0) is 21.3. The van der Waals surface area contributed by atoms with Gasteiger partial charge in [-0.15, -0.1) is 0 Å². The van der Waals surface area contributed by atoms with Gasteiger partial charge in [-0.25, -0.2) is 0 Å². The van der Waals surface area contributed by atoms with Gasteiger partial charge in [0.25, 0.3) is 0 Å². The lowest BCUT2D eigenvalue weighted by Gasteiger charge is -2.31. The quantitative estimate of drug-likeness (QED) is 0.503. The van der Waals surface area contributed by atoms with E-state index in [1.807, 2.05) is 13.8 Å². The number of hydrogen-bond donors (Lipinski definition) is 2. The first-order valence-electron chi connectivity index (χ1n) is 10.3. The normalized spacial score (nSPS) is 17.9. The van der Waals surface area contributed by atoms with Gasteiger partial charge in [-0.2, -0.15) is 13.2 Å². The average Bonchev–Trinajstić information content (AvgIpc) is 2.71. The molecule has 2 N–H and O–H groups in total. The summed E-state index contributed by atoms with van der Waals surface area (Å²) in [6.07, 6.45) is -2.15. The van der Waals surface area contributed by atoms with Crippen LogP contribution in [0.2, 0.25) is 0 Å². The second kappa shape index (κ2) is 11.4. The summed E-state index contributed by atoms with van der Waals surface area (Å²) in [5.41, 5.74) is -0.0531. The molecular weight excluding hydrogens is 381 g/mol. The molecule has 164 valence electrons. The summed E-state index contributed by atoms with van der Waals surface area (Å²) < 4.78 is 44.0. The Labute approximate surface area is 171 Å². The molecule has 1 aliphatic rings. The second-order valence-corrected chi connectivity index (χ2v) is 7.49. The molecule has 0 radical (unpaired) electrons. The van der Waals surface area contributed by atoms with E-state index in [2.05, 4.69) is 20.5 Å². The predicted molar refractivity (Wildman–Crippen MR) is 110 cm³/mol. The molecule has 0 aliphatic carbocycles. The van der Waals surface area contributed by atoms with E-state index in [0.717, 1.165) is 45.1 Å². The molecule has 8 heteroatoms. The number of likely N-dealkylation sites (tertiary alicyclic amines) is 1. The van der Waals surface area contributed by atoms with Gasteiger partial charge in [-0.1, -0.05) is 12.1 Å². The first-order chi connectivity index (χ1) is 13.8. The predicted octanol–water partition coefficient (Wildman–Crippen LogP) is 3.68. The van der Waals surface area contributed by atoms with Gasteiger partial charge in [0.15, 0.2) is 5.96 Å². The zero-order valence-electron chi connectivity index (χ0n) is 17.6. The maximum atomic E-state index is 13.0. The molecule has 1 saturated heterocycles. The second-order valence-electron chi connectivity index (χ2n) is 7.49. The number of rotatable bonds is 8. The Bertz CT molecular complexity index is 643. The van der Waals surface area contributed by atoms with Crippen molar-refractivity contribution < 1.29 is 17.9 Å². The average molecular weight is 415 g/mol. The summed E-state index contributed by atoms with van der Waals surface area (Å²) >= 11 is 0. The molecule has 1 fully saturated rings. The Kier molecular flexibility index (Phi) is 9.23. The van der Waals surface area contributed by atoms with E-state index >= 15 is 0 Å². The Morgan fingerprint density at radius 3 is 2.66 bits per heavy atom. The van der Waals surface area contributed by atoms with Crippen LogP contribution in [-0.2, 0) is 10.9 Å². The van der Waals surface area contributed by atoms with Gasteiger partial charge in [0.2, 0.25) is 0 Å². The van der Waals surface area contributed by atoms with Gasteiger partial charge >= 0.3 is 6.18 Å². The maximum Gasteiger partial charge on any atom is 0.416 e. The molecule has 1 heterocycles. The van der Waals surface area contributed by atoms with Crippen LogP contribution in [0.5, 0.6) is 0 Å². The van der Waals surface area contributed by atoms with Gasteiger partial charge in [0.05, 0.1) is 18.2 Å². The molecule has 29 heavy (non-hydrogen) atoms. The van der Waals surface area contributed by atoms with Crippen molar-refractivity contribution in [2.75, 3.05) is 46.4 Å². The van der Waals surface area contributed by atoms with Crippen LogP contribution in [0.15, 0.2) is 29.3 Å². The largest absolute Gasteiger partial charge is 0.416 e. The molecule has 0 amide bonds. The number of hydrogen-bond acceptors (Lipinski definition) is 3. The number of piperidine rings is 1. The van der Waals surface area contributed by atoms with Gasteiger partial charge in [0, 0.05) is 26.7 Å².